The minimum Gasteiger partial charge on any atom is -0.493 e. The SMILES string of the molecule is CC.CC(=O)O.CCC(CC(C)CCN1CCCCC1=O)c1ccc2c(c1)CCO2.CCCCN(CCCCN(C)C)C(=O)CC. The van der Waals surface area contributed by atoms with Crippen molar-refractivity contribution in [2.24, 2.45) is 5.92 Å². The molecule has 0 bridgehead atoms. The lowest BCUT2D eigenvalue weighted by Gasteiger charge is -2.28. The molecule has 1 fully saturated rings. The van der Waals surface area contributed by atoms with Gasteiger partial charge in [-0.1, -0.05) is 60.1 Å². The molecule has 8 nitrogen and oxygen atoms in total. The molecular formula is C38H69N3O5. The summed E-state index contributed by atoms with van der Waals surface area (Å²) in [5.41, 5.74) is 2.83. The number of nitrogens with zero attached hydrogens (tertiary/aromatic N) is 3. The molecule has 8 heteroatoms. The van der Waals surface area contributed by atoms with Gasteiger partial charge in [0.2, 0.25) is 11.8 Å². The number of hydrogen-bond acceptors (Lipinski definition) is 5. The molecule has 0 radical (unpaired) electrons. The number of amides is 2. The lowest BCUT2D eigenvalue weighted by atomic mass is 9.85. The fourth-order valence-corrected chi connectivity index (χ4v) is 5.74. The number of carbonyl (C=O) groups excluding carboxylic acids is 2. The number of benzene rings is 1. The van der Waals surface area contributed by atoms with E-state index in [1.165, 1.54) is 36.8 Å². The van der Waals surface area contributed by atoms with E-state index in [1.54, 1.807) is 0 Å². The molecule has 46 heavy (non-hydrogen) atoms. The van der Waals surface area contributed by atoms with Crippen molar-refractivity contribution in [1.82, 2.24) is 14.7 Å². The van der Waals surface area contributed by atoms with E-state index >= 15 is 0 Å². The lowest BCUT2D eigenvalue weighted by molar-refractivity contribution is -0.135. The molecule has 2 aliphatic heterocycles. The summed E-state index contributed by atoms with van der Waals surface area (Å²) < 4.78 is 5.63. The number of aliphatic carboxylic acids is 1. The maximum atomic E-state index is 11.9. The molecule has 3 rings (SSSR count). The van der Waals surface area contributed by atoms with Gasteiger partial charge in [-0.15, -0.1) is 0 Å². The van der Waals surface area contributed by atoms with Crippen LogP contribution in [0.15, 0.2) is 18.2 Å². The predicted octanol–water partition coefficient (Wildman–Crippen LogP) is 8.03. The van der Waals surface area contributed by atoms with E-state index in [0.717, 1.165) is 96.9 Å². The van der Waals surface area contributed by atoms with Gasteiger partial charge in [0.1, 0.15) is 5.75 Å². The average molecular weight is 648 g/mol. The zero-order chi connectivity index (χ0) is 34.9. The van der Waals surface area contributed by atoms with Gasteiger partial charge in [0.05, 0.1) is 6.61 Å². The number of unbranched alkanes of at least 4 members (excludes halogenated alkanes) is 2. The Morgan fingerprint density at radius 2 is 1.65 bits per heavy atom. The summed E-state index contributed by atoms with van der Waals surface area (Å²) in [6.45, 7) is 19.5. The highest BCUT2D eigenvalue weighted by Gasteiger charge is 2.21. The number of carboxylic acid groups (broad SMARTS) is 1. The fourth-order valence-electron chi connectivity index (χ4n) is 5.74. The van der Waals surface area contributed by atoms with Gasteiger partial charge in [-0.05, 0) is 101 Å². The van der Waals surface area contributed by atoms with Crippen molar-refractivity contribution in [2.75, 3.05) is 53.4 Å². The van der Waals surface area contributed by atoms with Crippen molar-refractivity contribution in [3.63, 3.8) is 0 Å². The van der Waals surface area contributed by atoms with Crippen molar-refractivity contribution in [3.05, 3.63) is 29.3 Å². The van der Waals surface area contributed by atoms with E-state index in [2.05, 4.69) is 62.9 Å². The van der Waals surface area contributed by atoms with Gasteiger partial charge in [-0.2, -0.15) is 0 Å². The Morgan fingerprint density at radius 3 is 2.24 bits per heavy atom. The molecule has 0 aliphatic carbocycles. The second-order valence-corrected chi connectivity index (χ2v) is 12.7. The highest BCUT2D eigenvalue weighted by atomic mass is 16.5. The number of likely N-dealkylation sites (tertiary alicyclic amines) is 1. The molecule has 2 atom stereocenters. The highest BCUT2D eigenvalue weighted by molar-refractivity contribution is 5.76. The molecule has 0 spiro atoms. The van der Waals surface area contributed by atoms with E-state index in [1.807, 2.05) is 25.7 Å². The Hall–Kier alpha value is -2.61. The number of ether oxygens (including phenoxy) is 1. The monoisotopic (exact) mass is 648 g/mol. The van der Waals surface area contributed by atoms with Crippen LogP contribution in [-0.2, 0) is 20.8 Å². The largest absolute Gasteiger partial charge is 0.493 e. The summed E-state index contributed by atoms with van der Waals surface area (Å²) in [4.78, 5) is 38.9. The minimum atomic E-state index is -0.833. The van der Waals surface area contributed by atoms with Crippen molar-refractivity contribution in [1.29, 1.82) is 0 Å². The standard InChI is InChI=1S/C21H31NO2.C13H28N2O.C2H4O2.C2H6/c1-3-17(18-7-8-20-19(15-18)10-13-24-20)14-16(2)9-12-22-11-5-4-6-21(22)23;1-5-7-11-15(13(16)6-2)12-9-8-10-14(3)4;1-2(3)4;1-2/h7-8,15-17H,3-6,9-14H2,1-2H3;5-12H2,1-4H3;1H3,(H,3,4);1-2H3. The van der Waals surface area contributed by atoms with Crippen LogP contribution in [0, 0.1) is 5.92 Å². The van der Waals surface area contributed by atoms with E-state index in [-0.39, 0.29) is 0 Å². The van der Waals surface area contributed by atoms with Crippen LogP contribution in [0.5, 0.6) is 5.75 Å². The maximum absolute atomic E-state index is 11.9. The first-order valence-corrected chi connectivity index (χ1v) is 18.2. The van der Waals surface area contributed by atoms with Gasteiger partial charge in [0.15, 0.2) is 0 Å². The molecule has 1 aromatic rings. The molecule has 2 heterocycles. The van der Waals surface area contributed by atoms with Gasteiger partial charge in [0.25, 0.3) is 5.97 Å². The summed E-state index contributed by atoms with van der Waals surface area (Å²) in [5, 5.41) is 7.42. The van der Waals surface area contributed by atoms with Gasteiger partial charge in [-0.25, -0.2) is 0 Å². The van der Waals surface area contributed by atoms with Crippen LogP contribution in [0.2, 0.25) is 0 Å². The highest BCUT2D eigenvalue weighted by Crippen LogP contribution is 2.33. The lowest BCUT2D eigenvalue weighted by Crippen LogP contribution is -2.36. The van der Waals surface area contributed by atoms with Crippen molar-refractivity contribution in [2.45, 2.75) is 131 Å². The van der Waals surface area contributed by atoms with Crippen LogP contribution in [0.1, 0.15) is 136 Å². The van der Waals surface area contributed by atoms with E-state index < -0.39 is 5.97 Å². The quantitative estimate of drug-likeness (QED) is 0.183. The molecule has 2 unspecified atom stereocenters. The van der Waals surface area contributed by atoms with Crippen LogP contribution in [-0.4, -0.2) is 91.0 Å². The zero-order valence-electron chi connectivity index (χ0n) is 31.0. The third-order valence-corrected chi connectivity index (χ3v) is 8.40. The van der Waals surface area contributed by atoms with Crippen LogP contribution in [0.3, 0.4) is 0 Å². The van der Waals surface area contributed by atoms with Crippen LogP contribution in [0.25, 0.3) is 0 Å². The number of carboxylic acids is 1. The third-order valence-electron chi connectivity index (χ3n) is 8.40. The van der Waals surface area contributed by atoms with E-state index in [0.29, 0.717) is 30.1 Å². The minimum absolute atomic E-state index is 0.304. The predicted molar refractivity (Wildman–Crippen MR) is 192 cm³/mol. The fraction of sp³-hybridized carbons (Fsp3) is 0.763. The molecular weight excluding hydrogens is 578 g/mol. The number of piperidine rings is 1. The van der Waals surface area contributed by atoms with Crippen LogP contribution < -0.4 is 4.74 Å². The summed E-state index contributed by atoms with van der Waals surface area (Å²) in [7, 11) is 4.18. The molecule has 1 saturated heterocycles. The molecule has 0 aromatic heterocycles. The van der Waals surface area contributed by atoms with Gasteiger partial charge in [-0.3, -0.25) is 14.4 Å². The first-order chi connectivity index (χ1) is 22.0. The number of hydrogen-bond donors (Lipinski definition) is 1. The van der Waals surface area contributed by atoms with Gasteiger partial charge >= 0.3 is 0 Å². The van der Waals surface area contributed by atoms with Gasteiger partial charge < -0.3 is 24.5 Å². The van der Waals surface area contributed by atoms with Crippen molar-refractivity contribution >= 4 is 17.8 Å². The maximum Gasteiger partial charge on any atom is 0.300 e. The number of carbonyl (C=O) groups is 3. The first-order valence-electron chi connectivity index (χ1n) is 18.2. The average Bonchev–Trinajstić information content (AvgIpc) is 3.51. The smallest absolute Gasteiger partial charge is 0.300 e. The molecule has 1 N–H and O–H groups in total. The molecule has 1 aromatic carbocycles. The Morgan fingerprint density at radius 1 is 1.00 bits per heavy atom. The molecule has 2 amide bonds. The first kappa shape index (κ1) is 43.4. The Kier molecular flexibility index (Phi) is 25.0. The Labute approximate surface area is 282 Å². The van der Waals surface area contributed by atoms with E-state index in [4.69, 9.17) is 14.6 Å². The molecule has 2 aliphatic rings. The summed E-state index contributed by atoms with van der Waals surface area (Å²) >= 11 is 0. The second-order valence-electron chi connectivity index (χ2n) is 12.7. The summed E-state index contributed by atoms with van der Waals surface area (Å²) in [5.74, 6) is 2.17. The summed E-state index contributed by atoms with van der Waals surface area (Å²) in [6.07, 6.45) is 12.8. The molecule has 266 valence electrons. The topological polar surface area (TPSA) is 90.4 Å². The van der Waals surface area contributed by atoms with E-state index in [9.17, 15) is 9.59 Å². The van der Waals surface area contributed by atoms with Gasteiger partial charge in [0, 0.05) is 52.4 Å². The van der Waals surface area contributed by atoms with Crippen LogP contribution in [0.4, 0.5) is 0 Å². The molecule has 0 saturated carbocycles. The third kappa shape index (κ3) is 19.1. The summed E-state index contributed by atoms with van der Waals surface area (Å²) in [6, 6.07) is 6.76. The zero-order valence-corrected chi connectivity index (χ0v) is 31.0. The Balaban J connectivity index is 0.000000799. The normalized spacial score (nSPS) is 14.7. The second kappa shape index (κ2) is 26.5. The number of rotatable bonds is 16. The van der Waals surface area contributed by atoms with Crippen molar-refractivity contribution in [3.8, 4) is 5.75 Å². The Bertz CT molecular complexity index is 964. The number of fused-ring (bicyclic) bond motifs is 1. The van der Waals surface area contributed by atoms with Crippen LogP contribution >= 0.6 is 0 Å². The van der Waals surface area contributed by atoms with Crippen molar-refractivity contribution < 1.29 is 24.2 Å².